The third kappa shape index (κ3) is 6.28. The van der Waals surface area contributed by atoms with Crippen LogP contribution in [0.5, 0.6) is 0 Å². The van der Waals surface area contributed by atoms with Gasteiger partial charge in [0.15, 0.2) is 0 Å². The molecule has 1 aliphatic heterocycles. The highest BCUT2D eigenvalue weighted by atomic mass is 15.2. The van der Waals surface area contributed by atoms with Crippen molar-refractivity contribution in [2.45, 2.75) is 33.1 Å². The SMILES string of the molecule is C=C/C=C(\C=C(\N)C=C)Nc1ncc(N2CCCCC2)cn1.CC. The van der Waals surface area contributed by atoms with E-state index in [-0.39, 0.29) is 0 Å². The van der Waals surface area contributed by atoms with E-state index in [4.69, 9.17) is 5.73 Å². The van der Waals surface area contributed by atoms with Gasteiger partial charge in [0.1, 0.15) is 0 Å². The summed E-state index contributed by atoms with van der Waals surface area (Å²) in [5, 5.41) is 3.12. The van der Waals surface area contributed by atoms with Crippen LogP contribution in [0.25, 0.3) is 0 Å². The topological polar surface area (TPSA) is 67.1 Å². The van der Waals surface area contributed by atoms with Gasteiger partial charge in [0.25, 0.3) is 0 Å². The maximum absolute atomic E-state index is 5.76. The van der Waals surface area contributed by atoms with Gasteiger partial charge in [-0.05, 0) is 37.5 Å². The molecule has 0 aliphatic carbocycles. The predicted octanol–water partition coefficient (Wildman–Crippen LogP) is 4.00. The molecule has 2 heterocycles. The fourth-order valence-electron chi connectivity index (χ4n) is 2.32. The van der Waals surface area contributed by atoms with Gasteiger partial charge < -0.3 is 16.0 Å². The third-order valence-electron chi connectivity index (χ3n) is 3.47. The lowest BCUT2D eigenvalue weighted by atomic mass is 10.1. The Hall–Kier alpha value is -2.56. The van der Waals surface area contributed by atoms with Gasteiger partial charge in [0, 0.05) is 24.5 Å². The quantitative estimate of drug-likeness (QED) is 0.773. The molecule has 1 aliphatic rings. The van der Waals surface area contributed by atoms with Gasteiger partial charge in [0.05, 0.1) is 18.1 Å². The second-order valence-corrected chi connectivity index (χ2v) is 5.14. The van der Waals surface area contributed by atoms with Crippen LogP contribution < -0.4 is 16.0 Å². The van der Waals surface area contributed by atoms with E-state index < -0.39 is 0 Å². The molecule has 1 saturated heterocycles. The summed E-state index contributed by atoms with van der Waals surface area (Å²) in [4.78, 5) is 11.1. The smallest absolute Gasteiger partial charge is 0.227 e. The van der Waals surface area contributed by atoms with Crippen molar-refractivity contribution in [2.75, 3.05) is 23.3 Å². The second-order valence-electron chi connectivity index (χ2n) is 5.14. The summed E-state index contributed by atoms with van der Waals surface area (Å²) in [6, 6.07) is 0. The first-order valence-electron chi connectivity index (χ1n) is 8.49. The first kappa shape index (κ1) is 19.5. The van der Waals surface area contributed by atoms with E-state index in [1.807, 2.05) is 26.2 Å². The van der Waals surface area contributed by atoms with Gasteiger partial charge in [-0.25, -0.2) is 9.97 Å². The van der Waals surface area contributed by atoms with Crippen LogP contribution in [0.2, 0.25) is 0 Å². The Kier molecular flexibility index (Phi) is 8.97. The maximum atomic E-state index is 5.76. The number of allylic oxidation sites excluding steroid dienone is 4. The minimum Gasteiger partial charge on any atom is -0.399 e. The van der Waals surface area contributed by atoms with E-state index >= 15 is 0 Å². The summed E-state index contributed by atoms with van der Waals surface area (Å²) in [6.07, 6.45) is 14.3. The molecule has 0 saturated carbocycles. The van der Waals surface area contributed by atoms with Crippen LogP contribution in [-0.4, -0.2) is 23.1 Å². The van der Waals surface area contributed by atoms with Crippen LogP contribution in [-0.2, 0) is 0 Å². The third-order valence-corrected chi connectivity index (χ3v) is 3.47. The summed E-state index contributed by atoms with van der Waals surface area (Å²) in [6.45, 7) is 13.5. The Morgan fingerprint density at radius 3 is 2.33 bits per heavy atom. The molecule has 1 aromatic heterocycles. The summed E-state index contributed by atoms with van der Waals surface area (Å²) in [5.41, 5.74) is 8.15. The average Bonchev–Trinajstić information content (AvgIpc) is 2.65. The Morgan fingerprint density at radius 1 is 1.17 bits per heavy atom. The molecule has 0 spiro atoms. The summed E-state index contributed by atoms with van der Waals surface area (Å²) < 4.78 is 0. The number of nitrogens with one attached hydrogen (secondary N) is 1. The van der Waals surface area contributed by atoms with Gasteiger partial charge in [-0.3, -0.25) is 0 Å². The number of piperidine rings is 1. The number of rotatable bonds is 6. The highest BCUT2D eigenvalue weighted by Crippen LogP contribution is 2.18. The molecule has 1 fully saturated rings. The fraction of sp³-hybridized carbons (Fsp3) is 0.368. The van der Waals surface area contributed by atoms with Crippen LogP contribution in [0, 0.1) is 0 Å². The standard InChI is InChI=1S/C17H23N5.C2H6/c1-3-8-15(11-14(18)4-2)21-17-19-12-16(13-20-17)22-9-6-5-7-10-22;1-2/h3-4,8,11-13H,1-2,5-7,9-10,18H2,(H,19,20,21);1-2H3/b14-11+,15-8+;. The Labute approximate surface area is 145 Å². The molecule has 0 radical (unpaired) electrons. The van der Waals surface area contributed by atoms with Crippen molar-refractivity contribution in [3.8, 4) is 0 Å². The lowest BCUT2D eigenvalue weighted by Crippen LogP contribution is -2.29. The summed E-state index contributed by atoms with van der Waals surface area (Å²) in [7, 11) is 0. The maximum Gasteiger partial charge on any atom is 0.227 e. The minimum atomic E-state index is 0.530. The molecule has 2 rings (SSSR count). The van der Waals surface area contributed by atoms with Crippen molar-refractivity contribution in [1.29, 1.82) is 0 Å². The second kappa shape index (κ2) is 11.0. The van der Waals surface area contributed by atoms with Crippen molar-refractivity contribution < 1.29 is 0 Å². The number of aromatic nitrogens is 2. The molecular weight excluding hydrogens is 298 g/mol. The largest absolute Gasteiger partial charge is 0.399 e. The van der Waals surface area contributed by atoms with Crippen LogP contribution in [0.4, 0.5) is 11.6 Å². The van der Waals surface area contributed by atoms with E-state index in [9.17, 15) is 0 Å². The molecule has 0 aromatic carbocycles. The lowest BCUT2D eigenvalue weighted by Gasteiger charge is -2.28. The Balaban J connectivity index is 0.00000139. The van der Waals surface area contributed by atoms with E-state index in [2.05, 4.69) is 33.3 Å². The lowest BCUT2D eigenvalue weighted by molar-refractivity contribution is 0.576. The summed E-state index contributed by atoms with van der Waals surface area (Å²) in [5.74, 6) is 0.530. The van der Waals surface area contributed by atoms with Crippen LogP contribution in [0.3, 0.4) is 0 Å². The first-order valence-corrected chi connectivity index (χ1v) is 8.49. The molecule has 24 heavy (non-hydrogen) atoms. The zero-order valence-corrected chi connectivity index (χ0v) is 14.8. The predicted molar refractivity (Wildman–Crippen MR) is 104 cm³/mol. The highest BCUT2D eigenvalue weighted by Gasteiger charge is 2.11. The van der Waals surface area contributed by atoms with Crippen molar-refractivity contribution >= 4 is 11.6 Å². The normalized spacial score (nSPS) is 15.2. The molecular formula is C19H29N5. The zero-order chi connectivity index (χ0) is 17.8. The Bertz CT molecular complexity index is 566. The van der Waals surface area contributed by atoms with Crippen molar-refractivity contribution in [3.63, 3.8) is 0 Å². The molecule has 1 aromatic rings. The van der Waals surface area contributed by atoms with Crippen LogP contribution >= 0.6 is 0 Å². The molecule has 3 N–H and O–H groups in total. The van der Waals surface area contributed by atoms with Crippen LogP contribution in [0.15, 0.2) is 61.2 Å². The first-order chi connectivity index (χ1) is 11.7. The highest BCUT2D eigenvalue weighted by molar-refractivity contribution is 5.48. The number of anilines is 2. The molecule has 0 atom stereocenters. The van der Waals surface area contributed by atoms with E-state index in [1.54, 1.807) is 24.3 Å². The minimum absolute atomic E-state index is 0.530. The molecule has 5 nitrogen and oxygen atoms in total. The van der Waals surface area contributed by atoms with Gasteiger partial charge >= 0.3 is 0 Å². The van der Waals surface area contributed by atoms with Crippen LogP contribution in [0.1, 0.15) is 33.1 Å². The van der Waals surface area contributed by atoms with Crippen molar-refractivity contribution in [2.24, 2.45) is 5.73 Å². The number of hydrogen-bond acceptors (Lipinski definition) is 5. The number of nitrogens with two attached hydrogens (primary N) is 1. The van der Waals surface area contributed by atoms with E-state index in [0.717, 1.165) is 24.5 Å². The monoisotopic (exact) mass is 327 g/mol. The summed E-state index contributed by atoms with van der Waals surface area (Å²) >= 11 is 0. The van der Waals surface area contributed by atoms with Gasteiger partial charge in [-0.15, -0.1) is 0 Å². The van der Waals surface area contributed by atoms with Gasteiger partial charge in [-0.1, -0.05) is 33.1 Å². The van der Waals surface area contributed by atoms with Gasteiger partial charge in [0.2, 0.25) is 5.95 Å². The molecule has 0 bridgehead atoms. The van der Waals surface area contributed by atoms with E-state index in [1.165, 1.54) is 19.3 Å². The molecule has 0 unspecified atom stereocenters. The zero-order valence-electron chi connectivity index (χ0n) is 14.8. The Morgan fingerprint density at radius 2 is 1.79 bits per heavy atom. The van der Waals surface area contributed by atoms with E-state index in [0.29, 0.717) is 11.6 Å². The number of hydrogen-bond donors (Lipinski definition) is 2. The number of nitrogens with zero attached hydrogens (tertiary/aromatic N) is 3. The average molecular weight is 327 g/mol. The fourth-order valence-corrected chi connectivity index (χ4v) is 2.32. The molecule has 5 heteroatoms. The van der Waals surface area contributed by atoms with Crippen molar-refractivity contribution in [3.05, 3.63) is 61.2 Å². The molecule has 130 valence electrons. The molecule has 0 amide bonds. The van der Waals surface area contributed by atoms with Gasteiger partial charge in [-0.2, -0.15) is 0 Å². The van der Waals surface area contributed by atoms with Crippen molar-refractivity contribution in [1.82, 2.24) is 9.97 Å².